The summed E-state index contributed by atoms with van der Waals surface area (Å²) >= 11 is 6.15. The third-order valence-corrected chi connectivity index (χ3v) is 5.10. The average Bonchev–Trinajstić information content (AvgIpc) is 2.80. The molecule has 0 aromatic heterocycles. The van der Waals surface area contributed by atoms with Gasteiger partial charge < -0.3 is 31.3 Å². The van der Waals surface area contributed by atoms with Crippen LogP contribution >= 0.6 is 11.6 Å². The molecule has 12 heteroatoms. The number of carbonyl (C=O) groups is 5. The Balaban J connectivity index is 1.91. The van der Waals surface area contributed by atoms with Gasteiger partial charge in [0.15, 0.2) is 0 Å². The van der Waals surface area contributed by atoms with Gasteiger partial charge in [-0.05, 0) is 48.9 Å². The van der Waals surface area contributed by atoms with Crippen LogP contribution < -0.4 is 16.0 Å². The van der Waals surface area contributed by atoms with Crippen LogP contribution in [-0.2, 0) is 20.9 Å². The Kier molecular flexibility index (Phi) is 10.2. The highest BCUT2D eigenvalue weighted by molar-refractivity contribution is 6.34. The smallest absolute Gasteiger partial charge is 0.372 e. The number of hydrogen-bond acceptors (Lipinski definition) is 7. The summed E-state index contributed by atoms with van der Waals surface area (Å²) in [5, 5.41) is 35.0. The number of rotatable bonds is 13. The number of phenols is 1. The molecule has 2 aromatic rings. The van der Waals surface area contributed by atoms with E-state index in [9.17, 15) is 34.2 Å². The Morgan fingerprint density at radius 1 is 0.971 bits per heavy atom. The molecule has 6 N–H and O–H groups in total. The number of aromatic hydroxyl groups is 1. The lowest BCUT2D eigenvalue weighted by Gasteiger charge is -2.16. The molecule has 0 saturated heterocycles. The second kappa shape index (κ2) is 13.1. The van der Waals surface area contributed by atoms with Gasteiger partial charge in [0.1, 0.15) is 11.8 Å². The van der Waals surface area contributed by atoms with Crippen molar-refractivity contribution in [2.45, 2.75) is 25.4 Å². The van der Waals surface area contributed by atoms with Gasteiger partial charge in [0.2, 0.25) is 5.78 Å². The first-order valence-corrected chi connectivity index (χ1v) is 10.8. The normalized spacial score (nSPS) is 11.3. The number of halogens is 1. The number of aliphatic carboxylic acids is 2. The van der Waals surface area contributed by atoms with E-state index < -0.39 is 35.6 Å². The van der Waals surface area contributed by atoms with Crippen LogP contribution in [0.25, 0.3) is 0 Å². The monoisotopic (exact) mass is 505 g/mol. The summed E-state index contributed by atoms with van der Waals surface area (Å²) in [6.45, 7) is 0.159. The van der Waals surface area contributed by atoms with Crippen molar-refractivity contribution in [1.82, 2.24) is 16.0 Å². The summed E-state index contributed by atoms with van der Waals surface area (Å²) in [6.07, 6.45) is -0.0119. The zero-order valence-electron chi connectivity index (χ0n) is 18.4. The molecular weight excluding hydrogens is 482 g/mol. The van der Waals surface area contributed by atoms with Gasteiger partial charge in [0, 0.05) is 25.1 Å². The molecule has 2 amide bonds. The Labute approximate surface area is 205 Å². The van der Waals surface area contributed by atoms with Gasteiger partial charge in [-0.2, -0.15) is 0 Å². The van der Waals surface area contributed by atoms with Crippen molar-refractivity contribution in [3.63, 3.8) is 0 Å². The minimum Gasteiger partial charge on any atom is -0.508 e. The fourth-order valence-electron chi connectivity index (χ4n) is 2.95. The molecule has 0 bridgehead atoms. The first-order valence-electron chi connectivity index (χ1n) is 10.4. The second-order valence-corrected chi connectivity index (χ2v) is 7.85. The van der Waals surface area contributed by atoms with E-state index >= 15 is 0 Å². The molecule has 1 atom stereocenters. The maximum atomic E-state index is 12.5. The molecule has 0 aliphatic carbocycles. The van der Waals surface area contributed by atoms with Crippen molar-refractivity contribution in [2.75, 3.05) is 13.1 Å². The van der Waals surface area contributed by atoms with Crippen molar-refractivity contribution in [3.05, 3.63) is 64.2 Å². The van der Waals surface area contributed by atoms with Crippen LogP contribution in [0.3, 0.4) is 0 Å². The molecule has 35 heavy (non-hydrogen) atoms. The van der Waals surface area contributed by atoms with Crippen molar-refractivity contribution in [1.29, 1.82) is 0 Å². The molecule has 0 saturated carbocycles. The number of nitrogens with one attached hydrogen (secondary N) is 3. The zero-order valence-corrected chi connectivity index (χ0v) is 19.2. The van der Waals surface area contributed by atoms with E-state index in [1.165, 1.54) is 30.3 Å². The molecule has 0 heterocycles. The number of carbonyl (C=O) groups excluding carboxylic acids is 3. The Hall–Kier alpha value is -3.96. The van der Waals surface area contributed by atoms with Gasteiger partial charge >= 0.3 is 11.9 Å². The Morgan fingerprint density at radius 2 is 1.71 bits per heavy atom. The number of hydrogen-bond donors (Lipinski definition) is 6. The summed E-state index contributed by atoms with van der Waals surface area (Å²) in [6, 6.07) is 9.00. The molecular formula is C23H24ClN3O8. The number of ketones is 1. The lowest BCUT2D eigenvalue weighted by Crippen LogP contribution is -2.47. The minimum atomic E-state index is -1.53. The maximum absolute atomic E-state index is 12.5. The average molecular weight is 506 g/mol. The highest BCUT2D eigenvalue weighted by Crippen LogP contribution is 2.18. The van der Waals surface area contributed by atoms with Crippen LogP contribution in [0.1, 0.15) is 39.1 Å². The van der Waals surface area contributed by atoms with Gasteiger partial charge in [-0.1, -0.05) is 23.7 Å². The van der Waals surface area contributed by atoms with E-state index in [4.69, 9.17) is 16.7 Å². The lowest BCUT2D eigenvalue weighted by molar-refractivity contribution is -0.149. The van der Waals surface area contributed by atoms with E-state index in [-0.39, 0.29) is 54.4 Å². The fraction of sp³-hybridized carbons (Fsp3) is 0.261. The number of amides is 2. The molecule has 186 valence electrons. The summed E-state index contributed by atoms with van der Waals surface area (Å²) in [5.74, 6) is -4.95. The van der Waals surface area contributed by atoms with Gasteiger partial charge in [-0.25, -0.2) is 9.59 Å². The molecule has 0 radical (unpaired) electrons. The molecule has 0 aliphatic heterocycles. The molecule has 0 spiro atoms. The van der Waals surface area contributed by atoms with Crippen LogP contribution in [0.15, 0.2) is 42.5 Å². The van der Waals surface area contributed by atoms with Gasteiger partial charge in [0.25, 0.3) is 11.8 Å². The highest BCUT2D eigenvalue weighted by Gasteiger charge is 2.22. The largest absolute Gasteiger partial charge is 0.508 e. The SMILES string of the molecule is O=C(O)C(=O)CCCNC[C@H](NC(=O)c1ccc(C(=O)NCc2cccc(O)c2)cc1Cl)C(=O)O. The number of carboxylic acid groups (broad SMARTS) is 2. The van der Waals surface area contributed by atoms with Crippen LogP contribution in [0.5, 0.6) is 5.75 Å². The standard InChI is InChI=1S/C23H24ClN3O8/c24-17-10-14(20(30)26-11-13-3-1-4-15(28)9-13)6-7-16(17)21(31)27-18(22(32)33)12-25-8-2-5-19(29)23(34)35/h1,3-4,6-7,9-10,18,25,28H,2,5,8,11-12H2,(H,26,30)(H,27,31)(H,32,33)(H,34,35)/t18-/m0/s1. The molecule has 0 fully saturated rings. The van der Waals surface area contributed by atoms with Crippen LogP contribution in [0.2, 0.25) is 5.02 Å². The lowest BCUT2D eigenvalue weighted by atomic mass is 10.1. The summed E-state index contributed by atoms with van der Waals surface area (Å²) in [7, 11) is 0. The van der Waals surface area contributed by atoms with E-state index in [2.05, 4.69) is 16.0 Å². The molecule has 11 nitrogen and oxygen atoms in total. The fourth-order valence-corrected chi connectivity index (χ4v) is 3.22. The predicted octanol–water partition coefficient (Wildman–Crippen LogP) is 1.18. The van der Waals surface area contributed by atoms with E-state index in [1.807, 2.05) is 0 Å². The van der Waals surface area contributed by atoms with E-state index in [0.717, 1.165) is 0 Å². The van der Waals surface area contributed by atoms with Gasteiger partial charge in [0.05, 0.1) is 10.6 Å². The quantitative estimate of drug-likeness (QED) is 0.172. The van der Waals surface area contributed by atoms with Crippen LogP contribution in [-0.4, -0.2) is 64.0 Å². The minimum absolute atomic E-state index is 0.0329. The summed E-state index contributed by atoms with van der Waals surface area (Å²) in [5.41, 5.74) is 0.829. The Bertz CT molecular complexity index is 1120. The number of phenolic OH excluding ortho intramolecular Hbond substituents is 1. The topological polar surface area (TPSA) is 182 Å². The first kappa shape index (κ1) is 27.3. The van der Waals surface area contributed by atoms with Crippen molar-refractivity contribution in [3.8, 4) is 5.75 Å². The molecule has 2 rings (SSSR count). The molecule has 0 unspecified atom stereocenters. The van der Waals surface area contributed by atoms with Crippen molar-refractivity contribution in [2.24, 2.45) is 0 Å². The molecule has 0 aliphatic rings. The van der Waals surface area contributed by atoms with Crippen LogP contribution in [0, 0.1) is 0 Å². The third-order valence-electron chi connectivity index (χ3n) is 4.79. The summed E-state index contributed by atoms with van der Waals surface area (Å²) < 4.78 is 0. The maximum Gasteiger partial charge on any atom is 0.372 e. The van der Waals surface area contributed by atoms with Crippen molar-refractivity contribution >= 4 is 41.1 Å². The van der Waals surface area contributed by atoms with Crippen LogP contribution in [0.4, 0.5) is 0 Å². The number of benzene rings is 2. The number of carboxylic acids is 2. The summed E-state index contributed by atoms with van der Waals surface area (Å²) in [4.78, 5) is 57.9. The molecule has 2 aromatic carbocycles. The van der Waals surface area contributed by atoms with E-state index in [1.54, 1.807) is 12.1 Å². The predicted molar refractivity (Wildman–Crippen MR) is 124 cm³/mol. The first-order chi connectivity index (χ1) is 16.6. The van der Waals surface area contributed by atoms with Gasteiger partial charge in [-0.3, -0.25) is 14.4 Å². The zero-order chi connectivity index (χ0) is 26.0. The highest BCUT2D eigenvalue weighted by atomic mass is 35.5. The third kappa shape index (κ3) is 8.72. The van der Waals surface area contributed by atoms with E-state index in [0.29, 0.717) is 5.56 Å². The van der Waals surface area contributed by atoms with Crippen molar-refractivity contribution < 1.29 is 39.3 Å². The number of Topliss-reactive ketones (excluding diaryl/α,β-unsaturated/α-hetero) is 1. The second-order valence-electron chi connectivity index (χ2n) is 7.45. The Morgan fingerprint density at radius 3 is 2.34 bits per heavy atom. The van der Waals surface area contributed by atoms with Gasteiger partial charge in [-0.15, -0.1) is 0 Å².